The van der Waals surface area contributed by atoms with Crippen LogP contribution in [0.1, 0.15) is 25.5 Å². The normalized spacial score (nSPS) is 12.9. The first kappa shape index (κ1) is 52.9. The lowest BCUT2D eigenvalue weighted by Gasteiger charge is -2.20. The summed E-state index contributed by atoms with van der Waals surface area (Å²) in [5.41, 5.74) is 24.6. The molecule has 1 unspecified atom stereocenters. The highest BCUT2D eigenvalue weighted by Gasteiger charge is 2.22. The molecule has 16 aromatic rings. The average Bonchev–Trinajstić information content (AvgIpc) is 1.66. The van der Waals surface area contributed by atoms with Gasteiger partial charge in [0, 0.05) is 79.0 Å². The molecule has 17 rings (SSSR count). The highest BCUT2D eigenvalue weighted by molar-refractivity contribution is 6.15. The molecule has 0 bridgehead atoms. The van der Waals surface area contributed by atoms with Crippen molar-refractivity contribution in [2.45, 2.75) is 19.9 Å². The van der Waals surface area contributed by atoms with Crippen LogP contribution >= 0.6 is 0 Å². The average molecular weight is 1140 g/mol. The second-order valence-electron chi connectivity index (χ2n) is 22.3. The summed E-state index contributed by atoms with van der Waals surface area (Å²) in [5, 5.41) is 10.3. The fourth-order valence-electron chi connectivity index (χ4n) is 13.4. The summed E-state index contributed by atoms with van der Waals surface area (Å²) in [4.78, 5) is 14.4. The molecule has 0 fully saturated rings. The van der Waals surface area contributed by atoms with Crippen LogP contribution in [0.3, 0.4) is 0 Å². The van der Waals surface area contributed by atoms with E-state index in [0.717, 1.165) is 144 Å². The van der Waals surface area contributed by atoms with Gasteiger partial charge in [-0.1, -0.05) is 166 Å². The third kappa shape index (κ3) is 9.18. The zero-order valence-electron chi connectivity index (χ0n) is 49.1. The van der Waals surface area contributed by atoms with Crippen LogP contribution in [0, 0.1) is 0 Å². The van der Waals surface area contributed by atoms with Gasteiger partial charge in [-0.05, 0) is 184 Å². The maximum atomic E-state index is 6.76. The van der Waals surface area contributed by atoms with Crippen molar-refractivity contribution < 1.29 is 4.42 Å². The van der Waals surface area contributed by atoms with Crippen molar-refractivity contribution in [3.05, 3.63) is 309 Å². The number of nitrogens with zero attached hydrogens (tertiary/aromatic N) is 5. The van der Waals surface area contributed by atoms with Crippen molar-refractivity contribution in [2.24, 2.45) is 0 Å². The van der Waals surface area contributed by atoms with E-state index in [1.165, 1.54) is 16.5 Å². The zero-order chi connectivity index (χ0) is 59.4. The van der Waals surface area contributed by atoms with Crippen molar-refractivity contribution in [1.82, 2.24) is 29.4 Å². The van der Waals surface area contributed by atoms with E-state index in [1.807, 2.05) is 62.9 Å². The molecule has 7 nitrogen and oxygen atoms in total. The molecule has 1 aliphatic heterocycles. The summed E-state index contributed by atoms with van der Waals surface area (Å²) in [7, 11) is 0. The number of furan rings is 1. The summed E-state index contributed by atoms with van der Waals surface area (Å²) in [5.74, 6) is 0. The molecule has 1 atom stereocenters. The minimum atomic E-state index is 0.0585. The second-order valence-corrected chi connectivity index (χ2v) is 22.3. The molecule has 1 aliphatic rings. The van der Waals surface area contributed by atoms with E-state index in [-0.39, 0.29) is 6.04 Å². The molecular weight excluding hydrogens is 1080 g/mol. The van der Waals surface area contributed by atoms with Gasteiger partial charge in [-0.25, -0.2) is 0 Å². The molecule has 7 heterocycles. The molecule has 6 aromatic heterocycles. The van der Waals surface area contributed by atoms with Gasteiger partial charge in [-0.3, -0.25) is 15.0 Å². The number of hydrogen-bond acceptors (Lipinski definition) is 5. The van der Waals surface area contributed by atoms with Gasteiger partial charge >= 0.3 is 0 Å². The smallest absolute Gasteiger partial charge is 0.135 e. The van der Waals surface area contributed by atoms with Crippen LogP contribution in [0.4, 0.5) is 0 Å². The third-order valence-electron chi connectivity index (χ3n) is 17.4. The van der Waals surface area contributed by atoms with Gasteiger partial charge in [-0.2, -0.15) is 0 Å². The van der Waals surface area contributed by atoms with E-state index in [2.05, 4.69) is 269 Å². The number of aromatic nitrogens is 5. The van der Waals surface area contributed by atoms with Crippen LogP contribution in [-0.2, 0) is 0 Å². The predicted octanol–water partition coefficient (Wildman–Crippen LogP) is 21.4. The van der Waals surface area contributed by atoms with Gasteiger partial charge in [0.05, 0.1) is 45.2 Å². The summed E-state index contributed by atoms with van der Waals surface area (Å²) >= 11 is 0. The fourth-order valence-corrected chi connectivity index (χ4v) is 13.4. The van der Waals surface area contributed by atoms with Gasteiger partial charge < -0.3 is 18.9 Å². The Morgan fingerprint density at radius 1 is 0.326 bits per heavy atom. The van der Waals surface area contributed by atoms with Crippen molar-refractivity contribution >= 4 is 65.6 Å². The Morgan fingerprint density at radius 2 is 0.685 bits per heavy atom. The molecule has 0 radical (unpaired) electrons. The predicted molar refractivity (Wildman–Crippen MR) is 369 cm³/mol. The van der Waals surface area contributed by atoms with Crippen molar-refractivity contribution in [1.29, 1.82) is 0 Å². The molecule has 422 valence electrons. The molecule has 0 aliphatic carbocycles. The fraction of sp³-hybridized carbons (Fsp3) is 0.0366. The van der Waals surface area contributed by atoms with Crippen LogP contribution in [0.15, 0.2) is 308 Å². The van der Waals surface area contributed by atoms with Crippen LogP contribution in [0.2, 0.25) is 0 Å². The molecule has 89 heavy (non-hydrogen) atoms. The minimum Gasteiger partial charge on any atom is -0.456 e. The lowest BCUT2D eigenvalue weighted by molar-refractivity contribution is 0.669. The van der Waals surface area contributed by atoms with Crippen LogP contribution in [0.5, 0.6) is 0 Å². The molecule has 1 N–H and O–H groups in total. The molecule has 10 aromatic carbocycles. The van der Waals surface area contributed by atoms with Crippen LogP contribution < -0.4 is 5.32 Å². The van der Waals surface area contributed by atoms with E-state index in [9.17, 15) is 0 Å². The monoisotopic (exact) mass is 1140 g/mol. The SMILES string of the molecule is C1=CNC(c2ccccc2-c2ccc3c(c2)c2cc(-c4ccccc4-c4ccccn4)ccc2n3-c2ccc3oc4ccc(-n5c6ccc(-c7ccccc7-c7ccccn7)cc6c6cc(-c7ccccc7-c7ccccn7)ccc65)cc4c3c2)C=C1.CC. The molecular formula is C82H58N6O. The van der Waals surface area contributed by atoms with Gasteiger partial charge in [0.2, 0.25) is 0 Å². The first-order valence-electron chi connectivity index (χ1n) is 30.5. The first-order chi connectivity index (χ1) is 44.1. The zero-order valence-corrected chi connectivity index (χ0v) is 49.1. The van der Waals surface area contributed by atoms with Crippen molar-refractivity contribution in [2.75, 3.05) is 0 Å². The number of benzene rings is 10. The quantitative estimate of drug-likeness (QED) is 0.148. The summed E-state index contributed by atoms with van der Waals surface area (Å²) in [6.07, 6.45) is 14.0. The number of dihydropyridines is 1. The highest BCUT2D eigenvalue weighted by atomic mass is 16.3. The number of allylic oxidation sites excluding steroid dienone is 2. The number of pyridine rings is 3. The number of nitrogens with one attached hydrogen (secondary N) is 1. The van der Waals surface area contributed by atoms with E-state index < -0.39 is 0 Å². The molecule has 0 amide bonds. The minimum absolute atomic E-state index is 0.0585. The lowest BCUT2D eigenvalue weighted by Crippen LogP contribution is -2.15. The Hall–Kier alpha value is -11.7. The second kappa shape index (κ2) is 22.3. The third-order valence-corrected chi connectivity index (χ3v) is 17.4. The Morgan fingerprint density at radius 3 is 1.06 bits per heavy atom. The summed E-state index contributed by atoms with van der Waals surface area (Å²) in [6, 6.07) is 93.9. The van der Waals surface area contributed by atoms with Gasteiger partial charge in [0.25, 0.3) is 0 Å². The van der Waals surface area contributed by atoms with E-state index in [1.54, 1.807) is 0 Å². The summed E-state index contributed by atoms with van der Waals surface area (Å²) in [6.45, 7) is 4.00. The van der Waals surface area contributed by atoms with E-state index >= 15 is 0 Å². The van der Waals surface area contributed by atoms with Crippen LogP contribution in [-0.4, -0.2) is 24.1 Å². The Balaban J connectivity index is 0.00000315. The largest absolute Gasteiger partial charge is 0.456 e. The standard InChI is InChI=1S/C80H52N6O.C2H6/c1-5-21-61(71-25-9-13-41-81-71)57(17-1)51-29-35-75-65(45-51)66-46-52(58-18-2-6-22-62(58)72-26-10-14-42-82-72)30-36-76(66)85(75)55-33-39-79-69(49-55)70-50-56(34-40-80(70)87-79)86-77-37-31-53(59-19-3-7-23-63(59)73-27-11-15-43-83-73)47-67(77)68-48-54(32-38-78(68)86)60-20-4-8-24-64(60)74-28-12-16-44-84-74;1-2/h1-50,71,81H;1-2H3. The van der Waals surface area contributed by atoms with Gasteiger partial charge in [0.15, 0.2) is 0 Å². The molecule has 0 spiro atoms. The van der Waals surface area contributed by atoms with Gasteiger partial charge in [-0.15, -0.1) is 0 Å². The molecule has 7 heteroatoms. The molecule has 0 saturated carbocycles. The molecule has 0 saturated heterocycles. The van der Waals surface area contributed by atoms with E-state index in [0.29, 0.717) is 0 Å². The maximum absolute atomic E-state index is 6.76. The Bertz CT molecular complexity index is 5300. The Kier molecular flexibility index (Phi) is 13.2. The maximum Gasteiger partial charge on any atom is 0.135 e. The summed E-state index contributed by atoms with van der Waals surface area (Å²) < 4.78 is 11.6. The number of rotatable bonds is 10. The number of fused-ring (bicyclic) bond motifs is 9. The Labute approximate surface area is 515 Å². The lowest BCUT2D eigenvalue weighted by atomic mass is 9.92. The van der Waals surface area contributed by atoms with Crippen molar-refractivity contribution in [3.63, 3.8) is 0 Å². The first-order valence-corrected chi connectivity index (χ1v) is 30.5. The topological polar surface area (TPSA) is 73.7 Å². The van der Waals surface area contributed by atoms with Crippen molar-refractivity contribution in [3.8, 4) is 89.7 Å². The highest BCUT2D eigenvalue weighted by Crippen LogP contribution is 2.45. The number of hydrogen-bond donors (Lipinski definition) is 1. The van der Waals surface area contributed by atoms with E-state index in [4.69, 9.17) is 19.4 Å². The van der Waals surface area contributed by atoms with Gasteiger partial charge in [0.1, 0.15) is 11.2 Å². The van der Waals surface area contributed by atoms with Crippen LogP contribution in [0.25, 0.3) is 155 Å².